The van der Waals surface area contributed by atoms with Crippen LogP contribution in [0.25, 0.3) is 0 Å². The van der Waals surface area contributed by atoms with Crippen LogP contribution in [0.4, 0.5) is 30.7 Å². The van der Waals surface area contributed by atoms with Gasteiger partial charge in [0, 0.05) is 0 Å². The number of benzene rings is 1. The fourth-order valence-corrected chi connectivity index (χ4v) is 1.35. The summed E-state index contributed by atoms with van der Waals surface area (Å²) in [6, 6.07) is -0.0277. The summed E-state index contributed by atoms with van der Waals surface area (Å²) in [5.41, 5.74) is -5.35. The van der Waals surface area contributed by atoms with E-state index in [1.54, 1.807) is 0 Å². The lowest BCUT2D eigenvalue weighted by Gasteiger charge is -2.18. The zero-order chi connectivity index (χ0) is 13.4. The third kappa shape index (κ3) is 2.87. The molecule has 1 N–H and O–H groups in total. The Balaban J connectivity index is 3.63. The van der Waals surface area contributed by atoms with Crippen molar-refractivity contribution in [2.24, 2.45) is 0 Å². The molecule has 1 aromatic rings. The lowest BCUT2D eigenvalue weighted by Crippen LogP contribution is -2.19. The van der Waals surface area contributed by atoms with Crippen LogP contribution in [0, 0.1) is 5.82 Å². The second-order valence-corrected chi connectivity index (χ2v) is 3.14. The van der Waals surface area contributed by atoms with E-state index in [4.69, 9.17) is 5.11 Å². The third-order valence-electron chi connectivity index (χ3n) is 1.94. The predicted molar refractivity (Wildman–Crippen MR) is 42.3 cm³/mol. The summed E-state index contributed by atoms with van der Waals surface area (Å²) in [4.78, 5) is 0. The molecule has 0 heterocycles. The van der Waals surface area contributed by atoms with Gasteiger partial charge in [0.15, 0.2) is 0 Å². The lowest BCUT2D eigenvalue weighted by atomic mass is 10.00. The van der Waals surface area contributed by atoms with Crippen molar-refractivity contribution in [2.75, 3.05) is 0 Å². The molecule has 0 aromatic heterocycles. The molecule has 0 radical (unpaired) electrons. The molecule has 0 amide bonds. The molecule has 8 heteroatoms. The van der Waals surface area contributed by atoms with Gasteiger partial charge in [-0.25, -0.2) is 4.39 Å². The van der Waals surface area contributed by atoms with Crippen LogP contribution in [0.3, 0.4) is 0 Å². The van der Waals surface area contributed by atoms with Gasteiger partial charge in [0.05, 0.1) is 17.7 Å². The summed E-state index contributed by atoms with van der Waals surface area (Å²) in [6.45, 7) is -1.34. The second kappa shape index (κ2) is 4.17. The van der Waals surface area contributed by atoms with Gasteiger partial charge >= 0.3 is 12.4 Å². The van der Waals surface area contributed by atoms with Crippen molar-refractivity contribution in [3.8, 4) is 0 Å². The van der Waals surface area contributed by atoms with Crippen molar-refractivity contribution in [1.82, 2.24) is 0 Å². The Labute approximate surface area is 90.5 Å². The summed E-state index contributed by atoms with van der Waals surface area (Å²) in [5, 5.41) is 8.56. The Hall–Kier alpha value is -1.31. The first-order valence-electron chi connectivity index (χ1n) is 4.15. The number of aliphatic hydroxyl groups excluding tert-OH is 1. The van der Waals surface area contributed by atoms with E-state index in [-0.39, 0.29) is 12.1 Å². The molecule has 0 aliphatic rings. The Morgan fingerprint density at radius 2 is 1.47 bits per heavy atom. The number of aliphatic hydroxyl groups is 1. The second-order valence-electron chi connectivity index (χ2n) is 3.14. The molecule has 0 unspecified atom stereocenters. The normalized spacial score (nSPS) is 12.9. The number of hydrogen-bond donors (Lipinski definition) is 1. The highest BCUT2D eigenvalue weighted by Gasteiger charge is 2.45. The number of alkyl halides is 6. The number of halogens is 7. The average Bonchev–Trinajstić information content (AvgIpc) is 2.12. The van der Waals surface area contributed by atoms with E-state index in [1.807, 2.05) is 0 Å². The number of rotatable bonds is 1. The molecule has 0 aliphatic carbocycles. The van der Waals surface area contributed by atoms with E-state index in [2.05, 4.69) is 0 Å². The van der Waals surface area contributed by atoms with Gasteiger partial charge in [-0.2, -0.15) is 26.3 Å². The SMILES string of the molecule is OCc1cc(F)cc(C(F)(F)F)c1C(F)(F)F. The molecule has 0 bridgehead atoms. The quantitative estimate of drug-likeness (QED) is 0.769. The van der Waals surface area contributed by atoms with Gasteiger partial charge in [-0.05, 0) is 17.7 Å². The van der Waals surface area contributed by atoms with Crippen molar-refractivity contribution >= 4 is 0 Å². The van der Waals surface area contributed by atoms with Crippen molar-refractivity contribution in [1.29, 1.82) is 0 Å². The van der Waals surface area contributed by atoms with Crippen LogP contribution in [-0.4, -0.2) is 5.11 Å². The minimum absolute atomic E-state index is 0.220. The highest BCUT2D eigenvalue weighted by molar-refractivity contribution is 5.39. The summed E-state index contributed by atoms with van der Waals surface area (Å²) < 4.78 is 87.0. The maximum absolute atomic E-state index is 12.7. The maximum atomic E-state index is 12.7. The Morgan fingerprint density at radius 3 is 1.82 bits per heavy atom. The summed E-state index contributed by atoms with van der Waals surface area (Å²) >= 11 is 0. The molecule has 1 nitrogen and oxygen atoms in total. The standard InChI is InChI=1S/C9H5F7O/c10-5-1-4(3-17)7(9(14,15)16)6(2-5)8(11,12)13/h1-2,17H,3H2. The minimum Gasteiger partial charge on any atom is -0.392 e. The van der Waals surface area contributed by atoms with E-state index in [9.17, 15) is 30.7 Å². The highest BCUT2D eigenvalue weighted by atomic mass is 19.4. The predicted octanol–water partition coefficient (Wildman–Crippen LogP) is 3.36. The third-order valence-corrected chi connectivity index (χ3v) is 1.94. The summed E-state index contributed by atoms with van der Waals surface area (Å²) in [7, 11) is 0. The first-order chi connectivity index (χ1) is 7.57. The zero-order valence-electron chi connectivity index (χ0n) is 7.95. The van der Waals surface area contributed by atoms with Crippen molar-refractivity contribution in [3.05, 3.63) is 34.6 Å². The first-order valence-corrected chi connectivity index (χ1v) is 4.15. The van der Waals surface area contributed by atoms with E-state index in [1.165, 1.54) is 0 Å². The summed E-state index contributed by atoms with van der Waals surface area (Å²) in [5.74, 6) is -1.49. The van der Waals surface area contributed by atoms with Gasteiger partial charge in [0.2, 0.25) is 0 Å². The Bertz CT molecular complexity index is 419. The molecule has 0 aliphatic heterocycles. The van der Waals surface area contributed by atoms with Gasteiger partial charge in [0.1, 0.15) is 5.82 Å². The molecule has 0 fully saturated rings. The molecular weight excluding hydrogens is 257 g/mol. The molecular formula is C9H5F7O. The smallest absolute Gasteiger partial charge is 0.392 e. The Morgan fingerprint density at radius 1 is 0.941 bits per heavy atom. The minimum atomic E-state index is -5.35. The van der Waals surface area contributed by atoms with Crippen LogP contribution in [-0.2, 0) is 19.0 Å². The van der Waals surface area contributed by atoms with Gasteiger partial charge in [0.25, 0.3) is 0 Å². The topological polar surface area (TPSA) is 20.2 Å². The highest BCUT2D eigenvalue weighted by Crippen LogP contribution is 2.42. The lowest BCUT2D eigenvalue weighted by molar-refractivity contribution is -0.163. The molecule has 0 spiro atoms. The van der Waals surface area contributed by atoms with Crippen molar-refractivity contribution in [2.45, 2.75) is 19.0 Å². The van der Waals surface area contributed by atoms with Crippen LogP contribution in [0.15, 0.2) is 12.1 Å². The van der Waals surface area contributed by atoms with Crippen LogP contribution in [0.5, 0.6) is 0 Å². The molecule has 0 saturated heterocycles. The monoisotopic (exact) mass is 262 g/mol. The Kier molecular flexibility index (Phi) is 3.37. The summed E-state index contributed by atoms with van der Waals surface area (Å²) in [6.07, 6.45) is -10.7. The van der Waals surface area contributed by atoms with E-state index in [0.29, 0.717) is 0 Å². The molecule has 0 atom stereocenters. The molecule has 96 valence electrons. The van der Waals surface area contributed by atoms with E-state index >= 15 is 0 Å². The van der Waals surface area contributed by atoms with E-state index in [0.717, 1.165) is 0 Å². The van der Waals surface area contributed by atoms with Gasteiger partial charge in [-0.3, -0.25) is 0 Å². The molecule has 0 saturated carbocycles. The van der Waals surface area contributed by atoms with Crippen molar-refractivity contribution in [3.63, 3.8) is 0 Å². The van der Waals surface area contributed by atoms with Crippen LogP contribution < -0.4 is 0 Å². The molecule has 1 aromatic carbocycles. The maximum Gasteiger partial charge on any atom is 0.417 e. The van der Waals surface area contributed by atoms with E-state index < -0.39 is 41.5 Å². The average molecular weight is 262 g/mol. The fraction of sp³-hybridized carbons (Fsp3) is 0.333. The zero-order valence-corrected chi connectivity index (χ0v) is 7.95. The van der Waals surface area contributed by atoms with Crippen molar-refractivity contribution < 1.29 is 35.8 Å². The number of hydrogen-bond acceptors (Lipinski definition) is 1. The fourth-order valence-electron chi connectivity index (χ4n) is 1.35. The van der Waals surface area contributed by atoms with Gasteiger partial charge in [-0.1, -0.05) is 0 Å². The first kappa shape index (κ1) is 13.8. The van der Waals surface area contributed by atoms with Crippen LogP contribution in [0.1, 0.15) is 16.7 Å². The van der Waals surface area contributed by atoms with Gasteiger partial charge < -0.3 is 5.11 Å². The van der Waals surface area contributed by atoms with Crippen LogP contribution in [0.2, 0.25) is 0 Å². The van der Waals surface area contributed by atoms with Gasteiger partial charge in [-0.15, -0.1) is 0 Å². The largest absolute Gasteiger partial charge is 0.417 e. The molecule has 17 heavy (non-hydrogen) atoms. The molecule has 1 rings (SSSR count). The van der Waals surface area contributed by atoms with Crippen LogP contribution >= 0.6 is 0 Å².